The van der Waals surface area contributed by atoms with Gasteiger partial charge in [0.2, 0.25) is 0 Å². The van der Waals surface area contributed by atoms with Crippen molar-refractivity contribution < 1.29 is 37.9 Å². The van der Waals surface area contributed by atoms with E-state index in [-0.39, 0.29) is 43.3 Å². The van der Waals surface area contributed by atoms with Gasteiger partial charge < -0.3 is 37.9 Å². The third-order valence-corrected chi connectivity index (χ3v) is 21.6. The minimum absolute atomic E-state index is 0.205. The lowest BCUT2D eigenvalue weighted by molar-refractivity contribution is 0.333. The molecule has 0 aromatic heterocycles. The van der Waals surface area contributed by atoms with Crippen molar-refractivity contribution in [2.24, 2.45) is 0 Å². The molecule has 0 amide bonds. The van der Waals surface area contributed by atoms with E-state index < -0.39 is 0 Å². The Morgan fingerprint density at radius 2 is 0.276 bits per heavy atom. The molecule has 1 aliphatic rings. The van der Waals surface area contributed by atoms with Crippen LogP contribution in [0.3, 0.4) is 0 Å². The van der Waals surface area contributed by atoms with Crippen LogP contribution >= 0.6 is 0 Å². The number of hydrogen-bond acceptors (Lipinski definition) is 8. The van der Waals surface area contributed by atoms with E-state index >= 15 is 0 Å². The highest BCUT2D eigenvalue weighted by Crippen LogP contribution is 2.48. The molecular formula is C97H130O8. The maximum Gasteiger partial charge on any atom is 0.126 e. The van der Waals surface area contributed by atoms with Crippen LogP contribution in [0.15, 0.2) is 97.1 Å². The fourth-order valence-electron chi connectivity index (χ4n) is 15.4. The average molecular weight is 1420 g/mol. The molecule has 0 atom stereocenters. The zero-order valence-electron chi connectivity index (χ0n) is 70.9. The Kier molecular flexibility index (Phi) is 23.5. The van der Waals surface area contributed by atoms with Crippen molar-refractivity contribution in [3.05, 3.63) is 231 Å². The summed E-state index contributed by atoms with van der Waals surface area (Å²) in [6.07, 6.45) is 4.53. The minimum atomic E-state index is -0.206. The second-order valence-electron chi connectivity index (χ2n) is 38.3. The third-order valence-electron chi connectivity index (χ3n) is 21.6. The molecule has 16 bridgehead atoms. The number of ether oxygens (including phenoxy) is 8. The summed E-state index contributed by atoms with van der Waals surface area (Å²) in [5, 5.41) is 0. The number of rotatable bonds is 9. The SMILES string of the molecule is CCOc1c2cc(C(C)(C)C)cc1Cc1cc(C(C)(C)C)cc(c1OC)Cc1cc(C(C)(C)C)cc(c1OC)Cc1cc(C(C)(C)C)cc(c1OC)Cc1cc(C(C)(C)C)cc(c1OC)Cc1cc(C(C)(C)C)cc(c1OC)Cc1cc(C(C)(C)C)cc(c1OC)Cc1cc(C(C)(C)C)cc(c1OC)C2. The van der Waals surface area contributed by atoms with E-state index in [2.05, 4.69) is 270 Å². The minimum Gasteiger partial charge on any atom is -0.496 e. The number of methoxy groups -OCH3 is 7. The second-order valence-corrected chi connectivity index (χ2v) is 38.3. The number of hydrogen-bond donors (Lipinski definition) is 0. The van der Waals surface area contributed by atoms with Gasteiger partial charge in [-0.2, -0.15) is 0 Å². The third kappa shape index (κ3) is 18.1. The monoisotopic (exact) mass is 1420 g/mol. The van der Waals surface area contributed by atoms with Crippen LogP contribution in [0.2, 0.25) is 0 Å². The van der Waals surface area contributed by atoms with Gasteiger partial charge in [0.25, 0.3) is 0 Å². The number of benzene rings is 8. The molecule has 0 spiro atoms. The quantitative estimate of drug-likeness (QED) is 0.142. The predicted molar refractivity (Wildman–Crippen MR) is 441 cm³/mol. The highest BCUT2D eigenvalue weighted by atomic mass is 16.5. The lowest BCUT2D eigenvalue weighted by Crippen LogP contribution is -2.17. The van der Waals surface area contributed by atoms with E-state index in [1.165, 1.54) is 44.5 Å². The van der Waals surface area contributed by atoms with E-state index in [4.69, 9.17) is 37.9 Å². The fourth-order valence-corrected chi connectivity index (χ4v) is 15.4. The summed E-state index contributed by atoms with van der Waals surface area (Å²) in [7, 11) is 12.8. The van der Waals surface area contributed by atoms with Crippen molar-refractivity contribution in [3.63, 3.8) is 0 Å². The van der Waals surface area contributed by atoms with Crippen molar-refractivity contribution in [3.8, 4) is 46.0 Å². The van der Waals surface area contributed by atoms with Crippen LogP contribution in [-0.2, 0) is 94.7 Å². The molecule has 9 rings (SSSR count). The molecule has 0 unspecified atom stereocenters. The number of fused-ring (bicyclic) bond motifs is 16. The van der Waals surface area contributed by atoms with Crippen molar-refractivity contribution >= 4 is 0 Å². The van der Waals surface area contributed by atoms with Gasteiger partial charge in [0.15, 0.2) is 0 Å². The zero-order valence-corrected chi connectivity index (χ0v) is 70.9. The van der Waals surface area contributed by atoms with Gasteiger partial charge in [0, 0.05) is 51.4 Å². The molecule has 0 N–H and O–H groups in total. The van der Waals surface area contributed by atoms with E-state index in [1.54, 1.807) is 0 Å². The lowest BCUT2D eigenvalue weighted by Gasteiger charge is -2.28. The first-order valence-corrected chi connectivity index (χ1v) is 38.4. The van der Waals surface area contributed by atoms with Gasteiger partial charge in [-0.3, -0.25) is 0 Å². The Morgan fingerprint density at radius 3 is 0.352 bits per heavy atom. The molecule has 1 aliphatic carbocycles. The van der Waals surface area contributed by atoms with Crippen LogP contribution in [-0.4, -0.2) is 56.4 Å². The molecule has 8 heteroatoms. The molecule has 105 heavy (non-hydrogen) atoms. The molecule has 0 radical (unpaired) electrons. The van der Waals surface area contributed by atoms with Gasteiger partial charge in [-0.15, -0.1) is 0 Å². The molecule has 8 aromatic carbocycles. The van der Waals surface area contributed by atoms with Gasteiger partial charge in [-0.05, 0) is 184 Å². The molecule has 0 aliphatic heterocycles. The average Bonchev–Trinajstić information content (AvgIpc) is 0.773. The maximum atomic E-state index is 7.07. The molecule has 0 fully saturated rings. The first-order valence-electron chi connectivity index (χ1n) is 38.4. The highest BCUT2D eigenvalue weighted by molar-refractivity contribution is 5.63. The van der Waals surface area contributed by atoms with Gasteiger partial charge in [0.05, 0.1) is 56.4 Å². The van der Waals surface area contributed by atoms with Crippen LogP contribution in [0.25, 0.3) is 0 Å². The van der Waals surface area contributed by atoms with E-state index in [9.17, 15) is 0 Å². The fraction of sp³-hybridized carbons (Fsp3) is 0.505. The van der Waals surface area contributed by atoms with Crippen molar-refractivity contribution in [2.45, 2.75) is 268 Å². The molecule has 566 valence electrons. The van der Waals surface area contributed by atoms with Crippen LogP contribution in [0.1, 0.15) is 307 Å². The van der Waals surface area contributed by atoms with Gasteiger partial charge in [-0.25, -0.2) is 0 Å². The topological polar surface area (TPSA) is 73.8 Å². The van der Waals surface area contributed by atoms with Crippen molar-refractivity contribution in [2.75, 3.05) is 56.4 Å². The van der Waals surface area contributed by atoms with E-state index in [1.807, 2.05) is 49.8 Å². The Morgan fingerprint density at radius 1 is 0.181 bits per heavy atom. The molecule has 8 aromatic rings. The predicted octanol–water partition coefficient (Wildman–Crippen LogP) is 23.6. The Balaban J connectivity index is 1.42. The Labute approximate surface area is 635 Å². The lowest BCUT2D eigenvalue weighted by atomic mass is 9.79. The highest BCUT2D eigenvalue weighted by Gasteiger charge is 2.33. The standard InChI is InChI=1S/C97H130O8/c1-33-105-89-72-40-70-54-79(95(17,18)19)52-68(87(70)103-31)38-66-50-77(93(11,12)13)48-64(85(66)101-29)36-62-46-75(91(5,6)7)44-60(83(62)99-27)34-58-42-74(90(2,3)4)43-59(82(58)98-26)35-61-45-76(92(8,9)10)47-63(84(61)100-28)37-65-49-78(94(14,15)16)51-67(86(65)102-30)39-69-53-80(96(20,21)22)55-71(88(69)104-32)41-73(89)57-81(56-72)97(23,24)25/h42-57H,33-41H2,1-32H3. The smallest absolute Gasteiger partial charge is 0.126 e. The first kappa shape index (κ1) is 81.2. The van der Waals surface area contributed by atoms with Crippen molar-refractivity contribution in [1.29, 1.82) is 0 Å². The molecule has 0 saturated carbocycles. The van der Waals surface area contributed by atoms with Crippen LogP contribution in [0.4, 0.5) is 0 Å². The summed E-state index contributed by atoms with van der Waals surface area (Å²) in [5.41, 5.74) is 25.7. The van der Waals surface area contributed by atoms with Crippen molar-refractivity contribution in [1.82, 2.24) is 0 Å². The normalized spacial score (nSPS) is 13.8. The summed E-state index contributed by atoms with van der Waals surface area (Å²) in [6, 6.07) is 38.1. The zero-order chi connectivity index (χ0) is 77.8. The summed E-state index contributed by atoms with van der Waals surface area (Å²) in [4.78, 5) is 0. The summed E-state index contributed by atoms with van der Waals surface area (Å²) >= 11 is 0. The second kappa shape index (κ2) is 30.4. The van der Waals surface area contributed by atoms with Gasteiger partial charge >= 0.3 is 0 Å². The van der Waals surface area contributed by atoms with Crippen LogP contribution in [0.5, 0.6) is 46.0 Å². The Bertz CT molecular complexity index is 4230. The van der Waals surface area contributed by atoms with Crippen LogP contribution < -0.4 is 37.9 Å². The van der Waals surface area contributed by atoms with Gasteiger partial charge in [0.1, 0.15) is 46.0 Å². The first-order chi connectivity index (χ1) is 48.7. The molecule has 0 heterocycles. The maximum absolute atomic E-state index is 7.07. The molecule has 8 nitrogen and oxygen atoms in total. The summed E-state index contributed by atoms with van der Waals surface area (Å²) in [5.74, 6) is 6.92. The van der Waals surface area contributed by atoms with Gasteiger partial charge in [-0.1, -0.05) is 263 Å². The Hall–Kier alpha value is -7.84. The molecule has 0 saturated heterocycles. The summed E-state index contributed by atoms with van der Waals surface area (Å²) in [6.45, 7) is 58.1. The largest absolute Gasteiger partial charge is 0.496 e. The van der Waals surface area contributed by atoms with E-state index in [0.29, 0.717) is 58.0 Å². The molecular weight excluding hydrogens is 1290 g/mol. The van der Waals surface area contributed by atoms with Crippen LogP contribution in [0, 0.1) is 0 Å². The van der Waals surface area contributed by atoms with E-state index in [0.717, 1.165) is 135 Å². The summed E-state index contributed by atoms with van der Waals surface area (Å²) < 4.78 is 54.6.